The van der Waals surface area contributed by atoms with E-state index >= 15 is 0 Å². The molecule has 0 unspecified atom stereocenters. The zero-order valence-electron chi connectivity index (χ0n) is 19.0. The van der Waals surface area contributed by atoms with Crippen LogP contribution in [0.5, 0.6) is 11.5 Å². The van der Waals surface area contributed by atoms with Crippen molar-refractivity contribution in [1.29, 1.82) is 0 Å². The number of nitrogens with zero attached hydrogens (tertiary/aromatic N) is 1. The van der Waals surface area contributed by atoms with Crippen LogP contribution in [0.25, 0.3) is 0 Å². The monoisotopic (exact) mass is 444 g/mol. The first-order chi connectivity index (χ1) is 16.3. The Morgan fingerprint density at radius 1 is 0.758 bits per heavy atom. The molecule has 1 aliphatic rings. The number of carbonyl (C=O) groups is 1. The number of likely N-dealkylation sites (tertiary alicyclic amines) is 1. The van der Waals surface area contributed by atoms with Crippen molar-refractivity contribution in [3.05, 3.63) is 95.6 Å². The Morgan fingerprint density at radius 3 is 2.06 bits per heavy atom. The van der Waals surface area contributed by atoms with Crippen LogP contribution in [-0.2, 0) is 13.2 Å². The Hall–Kier alpha value is -3.31. The fourth-order valence-electron chi connectivity index (χ4n) is 4.03. The van der Waals surface area contributed by atoms with Gasteiger partial charge in [0.05, 0.1) is 5.56 Å². The van der Waals surface area contributed by atoms with Crippen LogP contribution in [0.3, 0.4) is 0 Å². The molecule has 0 saturated carbocycles. The van der Waals surface area contributed by atoms with Gasteiger partial charge in [-0.05, 0) is 49.2 Å². The molecular formula is C28H32N2O3. The van der Waals surface area contributed by atoms with Crippen molar-refractivity contribution in [2.45, 2.75) is 32.5 Å². The number of hydrogen-bond donors (Lipinski definition) is 1. The fraction of sp³-hybridized carbons (Fsp3) is 0.321. The summed E-state index contributed by atoms with van der Waals surface area (Å²) >= 11 is 0. The lowest BCUT2D eigenvalue weighted by atomic mass is 10.1. The molecule has 1 fully saturated rings. The summed E-state index contributed by atoms with van der Waals surface area (Å²) in [7, 11) is 0. The first-order valence-electron chi connectivity index (χ1n) is 11.8. The van der Waals surface area contributed by atoms with Crippen LogP contribution in [0.2, 0.25) is 0 Å². The topological polar surface area (TPSA) is 50.8 Å². The van der Waals surface area contributed by atoms with E-state index in [-0.39, 0.29) is 5.91 Å². The van der Waals surface area contributed by atoms with Gasteiger partial charge < -0.3 is 19.7 Å². The number of hydrogen-bond acceptors (Lipinski definition) is 4. The Morgan fingerprint density at radius 2 is 1.39 bits per heavy atom. The van der Waals surface area contributed by atoms with Crippen molar-refractivity contribution in [3.63, 3.8) is 0 Å². The van der Waals surface area contributed by atoms with E-state index < -0.39 is 0 Å². The Kier molecular flexibility index (Phi) is 8.36. The molecule has 0 aromatic heterocycles. The number of ether oxygens (including phenoxy) is 2. The number of carbonyl (C=O) groups excluding carboxylic acids is 1. The number of rotatable bonds is 10. The maximum Gasteiger partial charge on any atom is 0.255 e. The highest BCUT2D eigenvalue weighted by Crippen LogP contribution is 2.33. The van der Waals surface area contributed by atoms with Gasteiger partial charge in [0.2, 0.25) is 0 Å². The first kappa shape index (κ1) is 22.9. The zero-order valence-corrected chi connectivity index (χ0v) is 19.0. The summed E-state index contributed by atoms with van der Waals surface area (Å²) in [5.41, 5.74) is 2.59. The van der Waals surface area contributed by atoms with Crippen molar-refractivity contribution in [3.8, 4) is 11.5 Å². The van der Waals surface area contributed by atoms with Crippen LogP contribution >= 0.6 is 0 Å². The predicted molar refractivity (Wildman–Crippen MR) is 131 cm³/mol. The van der Waals surface area contributed by atoms with Gasteiger partial charge in [0, 0.05) is 13.1 Å². The smallest absolute Gasteiger partial charge is 0.255 e. The van der Waals surface area contributed by atoms with Gasteiger partial charge in [-0.3, -0.25) is 4.79 Å². The summed E-state index contributed by atoms with van der Waals surface area (Å²) in [6.45, 7) is 4.49. The molecule has 3 aromatic carbocycles. The highest BCUT2D eigenvalue weighted by atomic mass is 16.5. The van der Waals surface area contributed by atoms with Gasteiger partial charge in [-0.2, -0.15) is 0 Å². The molecule has 1 aliphatic heterocycles. The fourth-order valence-corrected chi connectivity index (χ4v) is 4.03. The van der Waals surface area contributed by atoms with E-state index in [1.165, 1.54) is 19.3 Å². The predicted octanol–water partition coefficient (Wildman–Crippen LogP) is 5.06. The van der Waals surface area contributed by atoms with Gasteiger partial charge in [0.15, 0.2) is 11.5 Å². The minimum absolute atomic E-state index is 0.139. The molecule has 3 aromatic rings. The van der Waals surface area contributed by atoms with Crippen LogP contribution in [0.15, 0.2) is 78.9 Å². The SMILES string of the molecule is O=C(NCCN1CCCCC1)c1cccc(OCc2ccccc2)c1OCc1ccccc1. The van der Waals surface area contributed by atoms with Crippen molar-refractivity contribution >= 4 is 5.91 Å². The number of piperidine rings is 1. The van der Waals surface area contributed by atoms with Crippen molar-refractivity contribution in [2.24, 2.45) is 0 Å². The summed E-state index contributed by atoms with van der Waals surface area (Å²) in [6.07, 6.45) is 3.79. The van der Waals surface area contributed by atoms with E-state index in [1.54, 1.807) is 6.07 Å². The van der Waals surface area contributed by atoms with Crippen LogP contribution in [0, 0.1) is 0 Å². The summed E-state index contributed by atoms with van der Waals surface area (Å²) in [4.78, 5) is 15.5. The number of para-hydroxylation sites is 1. The molecule has 0 bridgehead atoms. The van der Waals surface area contributed by atoms with Crippen molar-refractivity contribution in [1.82, 2.24) is 10.2 Å². The van der Waals surface area contributed by atoms with Crippen LogP contribution in [0.4, 0.5) is 0 Å². The summed E-state index contributed by atoms with van der Waals surface area (Å²) in [5, 5.41) is 3.07. The molecule has 1 N–H and O–H groups in total. The molecule has 5 nitrogen and oxygen atoms in total. The summed E-state index contributed by atoms with van der Waals surface area (Å²) < 4.78 is 12.3. The maximum atomic E-state index is 13.1. The Balaban J connectivity index is 1.46. The first-order valence-corrected chi connectivity index (χ1v) is 11.8. The molecule has 33 heavy (non-hydrogen) atoms. The maximum absolute atomic E-state index is 13.1. The highest BCUT2D eigenvalue weighted by molar-refractivity contribution is 5.97. The molecule has 172 valence electrons. The van der Waals surface area contributed by atoms with Gasteiger partial charge in [0.1, 0.15) is 13.2 Å². The molecule has 1 saturated heterocycles. The number of nitrogens with one attached hydrogen (secondary N) is 1. The van der Waals surface area contributed by atoms with Gasteiger partial charge in [-0.15, -0.1) is 0 Å². The second-order valence-electron chi connectivity index (χ2n) is 8.34. The van der Waals surface area contributed by atoms with Crippen LogP contribution in [0.1, 0.15) is 40.7 Å². The summed E-state index contributed by atoms with van der Waals surface area (Å²) in [6, 6.07) is 25.4. The standard InChI is InChI=1S/C28H32N2O3/c31-28(29-17-20-30-18-8-3-9-19-30)25-15-10-16-26(32-21-23-11-4-1-5-12-23)27(25)33-22-24-13-6-2-7-14-24/h1-2,4-7,10-16H,3,8-9,17-22H2,(H,29,31). The molecule has 5 heteroatoms. The lowest BCUT2D eigenvalue weighted by Gasteiger charge is -2.26. The van der Waals surface area contributed by atoms with E-state index in [0.29, 0.717) is 36.8 Å². The molecule has 0 radical (unpaired) electrons. The third-order valence-electron chi connectivity index (χ3n) is 5.85. The third kappa shape index (κ3) is 6.83. The molecule has 0 atom stereocenters. The molecule has 1 amide bonds. The van der Waals surface area contributed by atoms with Gasteiger partial charge in [0.25, 0.3) is 5.91 Å². The second kappa shape index (κ2) is 12.1. The average molecular weight is 445 g/mol. The van der Waals surface area contributed by atoms with Crippen LogP contribution < -0.4 is 14.8 Å². The quantitative estimate of drug-likeness (QED) is 0.475. The summed E-state index contributed by atoms with van der Waals surface area (Å²) in [5.74, 6) is 0.909. The van der Waals surface area contributed by atoms with Crippen molar-refractivity contribution in [2.75, 3.05) is 26.2 Å². The largest absolute Gasteiger partial charge is 0.485 e. The minimum atomic E-state index is -0.139. The molecule has 0 spiro atoms. The highest BCUT2D eigenvalue weighted by Gasteiger charge is 2.18. The molecule has 1 heterocycles. The molecular weight excluding hydrogens is 412 g/mol. The zero-order chi connectivity index (χ0) is 22.7. The van der Waals surface area contributed by atoms with Gasteiger partial charge >= 0.3 is 0 Å². The lowest BCUT2D eigenvalue weighted by Crippen LogP contribution is -2.37. The minimum Gasteiger partial charge on any atom is -0.485 e. The van der Waals surface area contributed by atoms with E-state index in [0.717, 1.165) is 30.8 Å². The van der Waals surface area contributed by atoms with E-state index in [2.05, 4.69) is 10.2 Å². The van der Waals surface area contributed by atoms with E-state index in [4.69, 9.17) is 9.47 Å². The average Bonchev–Trinajstić information content (AvgIpc) is 2.88. The Labute approximate surface area is 196 Å². The van der Waals surface area contributed by atoms with E-state index in [9.17, 15) is 4.79 Å². The Bertz CT molecular complexity index is 1000. The lowest BCUT2D eigenvalue weighted by molar-refractivity contribution is 0.0940. The van der Waals surface area contributed by atoms with Crippen molar-refractivity contribution < 1.29 is 14.3 Å². The number of amides is 1. The van der Waals surface area contributed by atoms with Gasteiger partial charge in [-0.25, -0.2) is 0 Å². The third-order valence-corrected chi connectivity index (χ3v) is 5.85. The van der Waals surface area contributed by atoms with Gasteiger partial charge in [-0.1, -0.05) is 73.2 Å². The van der Waals surface area contributed by atoms with E-state index in [1.807, 2.05) is 72.8 Å². The second-order valence-corrected chi connectivity index (χ2v) is 8.34. The van der Waals surface area contributed by atoms with Crippen LogP contribution in [-0.4, -0.2) is 37.0 Å². The molecule has 4 rings (SSSR count). The number of benzene rings is 3. The normalized spacial score (nSPS) is 13.9. The molecule has 0 aliphatic carbocycles.